The molecular formula is C21H20FNO3. The molecule has 0 saturated carbocycles. The molecule has 4 nitrogen and oxygen atoms in total. The average molecular weight is 353 g/mol. The summed E-state index contributed by atoms with van der Waals surface area (Å²) in [7, 11) is 0. The normalized spacial score (nSPS) is 14.7. The molecule has 0 bridgehead atoms. The number of likely N-dealkylation sites (tertiary alicyclic amines) is 1. The van der Waals surface area contributed by atoms with Crippen molar-refractivity contribution < 1.29 is 18.3 Å². The van der Waals surface area contributed by atoms with Crippen LogP contribution in [0.2, 0.25) is 0 Å². The van der Waals surface area contributed by atoms with E-state index in [1.807, 2.05) is 32.0 Å². The van der Waals surface area contributed by atoms with Gasteiger partial charge in [0.1, 0.15) is 11.4 Å². The second-order valence-corrected chi connectivity index (χ2v) is 6.79. The molecular weight excluding hydrogens is 333 g/mol. The Kier molecular flexibility index (Phi) is 4.24. The Hall–Kier alpha value is -2.66. The fourth-order valence-electron chi connectivity index (χ4n) is 3.21. The van der Waals surface area contributed by atoms with Gasteiger partial charge in [0.15, 0.2) is 5.76 Å². The number of ether oxygens (including phenoxy) is 1. The predicted molar refractivity (Wildman–Crippen MR) is 96.6 cm³/mol. The zero-order chi connectivity index (χ0) is 18.3. The smallest absolute Gasteiger partial charge is 0.290 e. The number of hydrogen-bond acceptors (Lipinski definition) is 3. The van der Waals surface area contributed by atoms with Crippen molar-refractivity contribution >= 4 is 16.9 Å². The summed E-state index contributed by atoms with van der Waals surface area (Å²) < 4.78 is 25.1. The van der Waals surface area contributed by atoms with E-state index in [1.165, 1.54) is 6.07 Å². The molecule has 5 heteroatoms. The summed E-state index contributed by atoms with van der Waals surface area (Å²) >= 11 is 0. The second-order valence-electron chi connectivity index (χ2n) is 6.79. The molecule has 0 aliphatic carbocycles. The molecule has 1 saturated heterocycles. The largest absolute Gasteiger partial charge is 0.451 e. The van der Waals surface area contributed by atoms with Crippen LogP contribution in [0.25, 0.3) is 11.0 Å². The van der Waals surface area contributed by atoms with E-state index < -0.39 is 0 Å². The molecule has 3 aromatic rings. The van der Waals surface area contributed by atoms with Gasteiger partial charge in [-0.25, -0.2) is 4.39 Å². The fraction of sp³-hybridized carbons (Fsp3) is 0.286. The molecule has 1 aromatic heterocycles. The highest BCUT2D eigenvalue weighted by Crippen LogP contribution is 2.28. The quantitative estimate of drug-likeness (QED) is 0.705. The Bertz CT molecular complexity index is 973. The number of nitrogens with zero attached hydrogens (tertiary/aromatic N) is 1. The van der Waals surface area contributed by atoms with Crippen molar-refractivity contribution in [2.24, 2.45) is 0 Å². The van der Waals surface area contributed by atoms with Gasteiger partial charge in [0.05, 0.1) is 12.7 Å². The lowest BCUT2D eigenvalue weighted by molar-refractivity contribution is -0.0518. The number of furan rings is 1. The van der Waals surface area contributed by atoms with Gasteiger partial charge in [-0.05, 0) is 31.5 Å². The van der Waals surface area contributed by atoms with Crippen LogP contribution in [0.1, 0.15) is 27.2 Å². The minimum absolute atomic E-state index is 0.0783. The van der Waals surface area contributed by atoms with Gasteiger partial charge in [0.25, 0.3) is 5.91 Å². The summed E-state index contributed by atoms with van der Waals surface area (Å²) in [5, 5.41) is 0.965. The molecule has 134 valence electrons. The summed E-state index contributed by atoms with van der Waals surface area (Å²) in [4.78, 5) is 14.4. The van der Waals surface area contributed by atoms with Crippen molar-refractivity contribution in [1.29, 1.82) is 0 Å². The van der Waals surface area contributed by atoms with Gasteiger partial charge in [-0.2, -0.15) is 0 Å². The van der Waals surface area contributed by atoms with Crippen LogP contribution in [0.15, 0.2) is 46.9 Å². The first kappa shape index (κ1) is 16.8. The Labute approximate surface area is 151 Å². The molecule has 0 radical (unpaired) electrons. The summed E-state index contributed by atoms with van der Waals surface area (Å²) in [6.07, 6.45) is -0.0783. The predicted octanol–water partition coefficient (Wildman–Crippen LogP) is 4.23. The van der Waals surface area contributed by atoms with Gasteiger partial charge in [0.2, 0.25) is 0 Å². The van der Waals surface area contributed by atoms with Crippen molar-refractivity contribution in [3.63, 3.8) is 0 Å². The minimum atomic E-state index is -0.270. The Morgan fingerprint density at radius 1 is 1.23 bits per heavy atom. The van der Waals surface area contributed by atoms with Crippen molar-refractivity contribution in [3.05, 3.63) is 70.7 Å². The molecule has 0 spiro atoms. The van der Waals surface area contributed by atoms with Crippen LogP contribution in [0.4, 0.5) is 4.39 Å². The van der Waals surface area contributed by atoms with Crippen molar-refractivity contribution in [2.75, 3.05) is 13.1 Å². The van der Waals surface area contributed by atoms with E-state index in [4.69, 9.17) is 9.15 Å². The van der Waals surface area contributed by atoms with Crippen LogP contribution < -0.4 is 0 Å². The molecule has 2 aromatic carbocycles. The van der Waals surface area contributed by atoms with Crippen LogP contribution in [-0.4, -0.2) is 30.0 Å². The first-order chi connectivity index (χ1) is 12.5. The topological polar surface area (TPSA) is 42.7 Å². The fourth-order valence-corrected chi connectivity index (χ4v) is 3.21. The highest BCUT2D eigenvalue weighted by Gasteiger charge is 2.34. The van der Waals surface area contributed by atoms with Gasteiger partial charge in [-0.3, -0.25) is 4.79 Å². The first-order valence-corrected chi connectivity index (χ1v) is 8.67. The molecule has 1 amide bonds. The van der Waals surface area contributed by atoms with Crippen LogP contribution in [0.5, 0.6) is 0 Å². The van der Waals surface area contributed by atoms with Crippen molar-refractivity contribution in [3.8, 4) is 0 Å². The standard InChI is InChI=1S/C21H20FNO3/c1-13-7-8-17-14(2)20(26-19(17)9-13)21(24)23-10-16(11-23)25-12-15-5-3-4-6-18(15)22/h3-9,16H,10-12H2,1-2H3. The number of aryl methyl sites for hydroxylation is 2. The molecule has 26 heavy (non-hydrogen) atoms. The van der Waals surface area contributed by atoms with Crippen LogP contribution in [0.3, 0.4) is 0 Å². The number of hydrogen-bond donors (Lipinski definition) is 0. The van der Waals surface area contributed by atoms with Gasteiger partial charge < -0.3 is 14.1 Å². The monoisotopic (exact) mass is 353 g/mol. The van der Waals surface area contributed by atoms with E-state index in [9.17, 15) is 9.18 Å². The molecule has 1 fully saturated rings. The van der Waals surface area contributed by atoms with E-state index >= 15 is 0 Å². The van der Waals surface area contributed by atoms with Gasteiger partial charge in [-0.15, -0.1) is 0 Å². The first-order valence-electron chi connectivity index (χ1n) is 8.67. The Balaban J connectivity index is 1.39. The number of amides is 1. The van der Waals surface area contributed by atoms with E-state index in [1.54, 1.807) is 23.1 Å². The van der Waals surface area contributed by atoms with Gasteiger partial charge in [0, 0.05) is 29.6 Å². The number of benzene rings is 2. The number of rotatable bonds is 4. The maximum Gasteiger partial charge on any atom is 0.290 e. The van der Waals surface area contributed by atoms with Crippen molar-refractivity contribution in [1.82, 2.24) is 4.90 Å². The second kappa shape index (κ2) is 6.57. The third kappa shape index (κ3) is 2.99. The Morgan fingerprint density at radius 3 is 2.77 bits per heavy atom. The van der Waals surface area contributed by atoms with E-state index in [0.717, 1.165) is 22.1 Å². The molecule has 0 unspecified atom stereocenters. The lowest BCUT2D eigenvalue weighted by atomic mass is 10.1. The van der Waals surface area contributed by atoms with Crippen LogP contribution >= 0.6 is 0 Å². The zero-order valence-corrected chi connectivity index (χ0v) is 14.8. The summed E-state index contributed by atoms with van der Waals surface area (Å²) in [5.74, 6) is -0.00630. The third-order valence-corrected chi connectivity index (χ3v) is 4.86. The van der Waals surface area contributed by atoms with E-state index in [-0.39, 0.29) is 24.4 Å². The van der Waals surface area contributed by atoms with Crippen molar-refractivity contribution in [2.45, 2.75) is 26.6 Å². The number of carbonyl (C=O) groups is 1. The lowest BCUT2D eigenvalue weighted by Crippen LogP contribution is -2.54. The molecule has 1 aliphatic rings. The summed E-state index contributed by atoms with van der Waals surface area (Å²) in [6, 6.07) is 12.5. The number of carbonyl (C=O) groups excluding carboxylic acids is 1. The van der Waals surface area contributed by atoms with Gasteiger partial charge >= 0.3 is 0 Å². The summed E-state index contributed by atoms with van der Waals surface area (Å²) in [5.41, 5.74) is 3.22. The Morgan fingerprint density at radius 2 is 2.00 bits per heavy atom. The van der Waals surface area contributed by atoms with Crippen LogP contribution in [0, 0.1) is 19.7 Å². The number of halogens is 1. The molecule has 1 aliphatic heterocycles. The maximum atomic E-state index is 13.6. The molecule has 2 heterocycles. The highest BCUT2D eigenvalue weighted by molar-refractivity contribution is 5.99. The van der Waals surface area contributed by atoms with E-state index in [0.29, 0.717) is 24.4 Å². The third-order valence-electron chi connectivity index (χ3n) is 4.86. The lowest BCUT2D eigenvalue weighted by Gasteiger charge is -2.38. The maximum absolute atomic E-state index is 13.6. The highest BCUT2D eigenvalue weighted by atomic mass is 19.1. The summed E-state index contributed by atoms with van der Waals surface area (Å²) in [6.45, 7) is 5.08. The average Bonchev–Trinajstić information content (AvgIpc) is 2.91. The molecule has 0 N–H and O–H groups in total. The van der Waals surface area contributed by atoms with E-state index in [2.05, 4.69) is 0 Å². The SMILES string of the molecule is Cc1ccc2c(C)c(C(=O)N3CC(OCc4ccccc4F)C3)oc2c1. The molecule has 4 rings (SSSR count). The van der Waals surface area contributed by atoms with Gasteiger partial charge in [-0.1, -0.05) is 30.3 Å². The number of fused-ring (bicyclic) bond motifs is 1. The van der Waals surface area contributed by atoms with Crippen LogP contribution in [-0.2, 0) is 11.3 Å². The molecule has 0 atom stereocenters. The minimum Gasteiger partial charge on any atom is -0.451 e. The zero-order valence-electron chi connectivity index (χ0n) is 14.8.